The van der Waals surface area contributed by atoms with E-state index in [1.807, 2.05) is 44.5 Å². The van der Waals surface area contributed by atoms with Gasteiger partial charge in [-0.2, -0.15) is 0 Å². The lowest BCUT2D eigenvalue weighted by Crippen LogP contribution is -2.25. The first kappa shape index (κ1) is 25.6. The molecule has 0 radical (unpaired) electrons. The molecule has 196 valence electrons. The van der Waals surface area contributed by atoms with E-state index in [1.165, 1.54) is 11.1 Å². The Bertz CT molecular complexity index is 1520. The highest BCUT2D eigenvalue weighted by Gasteiger charge is 2.23. The van der Waals surface area contributed by atoms with E-state index in [4.69, 9.17) is 4.74 Å². The van der Waals surface area contributed by atoms with Crippen LogP contribution in [0.1, 0.15) is 51.3 Å². The number of benzene rings is 3. The molecule has 0 saturated carbocycles. The van der Waals surface area contributed by atoms with Gasteiger partial charge in [-0.15, -0.1) is 5.10 Å². The predicted octanol–water partition coefficient (Wildman–Crippen LogP) is 4.64. The van der Waals surface area contributed by atoms with Crippen LogP contribution in [0.4, 0.5) is 0 Å². The first-order valence-electron chi connectivity index (χ1n) is 12.8. The molecule has 1 aromatic heterocycles. The van der Waals surface area contributed by atoms with Crippen molar-refractivity contribution in [2.75, 3.05) is 20.2 Å². The molecule has 3 aromatic carbocycles. The SMILES string of the molecule is CN=Cc1ccc2c(c1)CN(Cc1cc(C(CC(=O)O)c3ccc4c(nnn4C)c3C)ccc1C)CCO2. The number of hydrogen-bond acceptors (Lipinski definition) is 6. The summed E-state index contributed by atoms with van der Waals surface area (Å²) in [6.07, 6.45) is 1.86. The summed E-state index contributed by atoms with van der Waals surface area (Å²) in [5.41, 5.74) is 9.24. The van der Waals surface area contributed by atoms with Gasteiger partial charge in [0, 0.05) is 51.4 Å². The summed E-state index contributed by atoms with van der Waals surface area (Å²) < 4.78 is 7.77. The van der Waals surface area contributed by atoms with Crippen molar-refractivity contribution in [1.29, 1.82) is 0 Å². The molecule has 4 aromatic rings. The Morgan fingerprint density at radius 1 is 1.18 bits per heavy atom. The Morgan fingerprint density at radius 2 is 2.03 bits per heavy atom. The van der Waals surface area contributed by atoms with Crippen molar-refractivity contribution < 1.29 is 14.6 Å². The molecule has 38 heavy (non-hydrogen) atoms. The molecule has 5 rings (SSSR count). The standard InChI is InChI=1S/C30H33N5O3/c1-19-5-7-22(26(15-29(36)37)25-8-9-27-30(20(25)2)32-33-34(27)4)14-23(19)17-35-11-12-38-28-10-6-21(16-31-3)13-24(28)18-35/h5-10,13-14,16,26H,11-12,15,17-18H2,1-4H3,(H,36,37). The lowest BCUT2D eigenvalue weighted by molar-refractivity contribution is -0.137. The first-order chi connectivity index (χ1) is 18.3. The van der Waals surface area contributed by atoms with Crippen molar-refractivity contribution in [3.8, 4) is 5.75 Å². The van der Waals surface area contributed by atoms with Gasteiger partial charge in [0.2, 0.25) is 0 Å². The number of fused-ring (bicyclic) bond motifs is 2. The number of carboxylic acid groups (broad SMARTS) is 1. The van der Waals surface area contributed by atoms with Crippen LogP contribution in [0.2, 0.25) is 0 Å². The molecule has 0 saturated heterocycles. The normalized spacial score (nSPS) is 14.8. The van der Waals surface area contributed by atoms with Crippen LogP contribution in [-0.4, -0.2) is 57.4 Å². The third-order valence-electron chi connectivity index (χ3n) is 7.42. The van der Waals surface area contributed by atoms with Crippen LogP contribution >= 0.6 is 0 Å². The largest absolute Gasteiger partial charge is 0.492 e. The number of aliphatic imine (C=N–C) groups is 1. The van der Waals surface area contributed by atoms with Crippen LogP contribution in [0.15, 0.2) is 53.5 Å². The maximum Gasteiger partial charge on any atom is 0.304 e. The van der Waals surface area contributed by atoms with E-state index < -0.39 is 5.97 Å². The Balaban J connectivity index is 1.47. The third kappa shape index (κ3) is 5.17. The number of nitrogens with zero attached hydrogens (tertiary/aromatic N) is 5. The van der Waals surface area contributed by atoms with Crippen molar-refractivity contribution >= 4 is 23.2 Å². The van der Waals surface area contributed by atoms with Gasteiger partial charge in [0.1, 0.15) is 17.9 Å². The van der Waals surface area contributed by atoms with E-state index in [2.05, 4.69) is 51.4 Å². The zero-order chi connectivity index (χ0) is 26.8. The molecule has 1 atom stereocenters. The van der Waals surface area contributed by atoms with Crippen molar-refractivity contribution in [2.45, 2.75) is 39.3 Å². The summed E-state index contributed by atoms with van der Waals surface area (Å²) in [6.45, 7) is 7.05. The molecule has 0 bridgehead atoms. The highest BCUT2D eigenvalue weighted by atomic mass is 16.5. The minimum Gasteiger partial charge on any atom is -0.492 e. The van der Waals surface area contributed by atoms with Gasteiger partial charge in [0.25, 0.3) is 0 Å². The Labute approximate surface area is 222 Å². The second kappa shape index (κ2) is 10.8. The summed E-state index contributed by atoms with van der Waals surface area (Å²) in [4.78, 5) is 18.5. The monoisotopic (exact) mass is 511 g/mol. The number of aryl methyl sites for hydroxylation is 3. The molecule has 8 nitrogen and oxygen atoms in total. The average Bonchev–Trinajstić information content (AvgIpc) is 3.15. The molecule has 1 unspecified atom stereocenters. The van der Waals surface area contributed by atoms with Crippen LogP contribution in [0.25, 0.3) is 11.0 Å². The zero-order valence-electron chi connectivity index (χ0n) is 22.3. The molecule has 0 aliphatic carbocycles. The highest BCUT2D eigenvalue weighted by molar-refractivity contribution is 5.81. The maximum absolute atomic E-state index is 12.0. The van der Waals surface area contributed by atoms with E-state index in [0.29, 0.717) is 6.61 Å². The van der Waals surface area contributed by atoms with Gasteiger partial charge in [-0.05, 0) is 71.5 Å². The first-order valence-corrected chi connectivity index (χ1v) is 12.8. The van der Waals surface area contributed by atoms with Gasteiger partial charge in [-0.3, -0.25) is 14.7 Å². The molecule has 0 fully saturated rings. The quantitative estimate of drug-likeness (QED) is 0.364. The van der Waals surface area contributed by atoms with Gasteiger partial charge in [-0.25, -0.2) is 4.68 Å². The summed E-state index contributed by atoms with van der Waals surface area (Å²) in [6, 6.07) is 16.5. The van der Waals surface area contributed by atoms with Crippen molar-refractivity contribution in [3.63, 3.8) is 0 Å². The maximum atomic E-state index is 12.0. The molecule has 8 heteroatoms. The number of ether oxygens (including phenoxy) is 1. The van der Waals surface area contributed by atoms with E-state index in [0.717, 1.165) is 64.2 Å². The number of carbonyl (C=O) groups is 1. The molecular weight excluding hydrogens is 478 g/mol. The van der Waals surface area contributed by atoms with Gasteiger partial charge in [-0.1, -0.05) is 29.5 Å². The molecule has 1 aliphatic heterocycles. The van der Waals surface area contributed by atoms with E-state index in [-0.39, 0.29) is 12.3 Å². The van der Waals surface area contributed by atoms with Crippen LogP contribution in [0.5, 0.6) is 5.75 Å². The van der Waals surface area contributed by atoms with Gasteiger partial charge in [0.05, 0.1) is 11.9 Å². The molecule has 2 heterocycles. The highest BCUT2D eigenvalue weighted by Crippen LogP contribution is 2.34. The number of carboxylic acids is 1. The average molecular weight is 512 g/mol. The van der Waals surface area contributed by atoms with E-state index >= 15 is 0 Å². The second-order valence-electron chi connectivity index (χ2n) is 10.0. The van der Waals surface area contributed by atoms with Crippen molar-refractivity contribution in [2.24, 2.45) is 12.0 Å². The summed E-state index contributed by atoms with van der Waals surface area (Å²) >= 11 is 0. The second-order valence-corrected chi connectivity index (χ2v) is 10.0. The van der Waals surface area contributed by atoms with Crippen molar-refractivity contribution in [3.05, 3.63) is 87.5 Å². The molecule has 0 spiro atoms. The van der Waals surface area contributed by atoms with Crippen LogP contribution < -0.4 is 4.74 Å². The molecular formula is C30H33N5O3. The smallest absolute Gasteiger partial charge is 0.304 e. The zero-order valence-corrected chi connectivity index (χ0v) is 22.3. The van der Waals surface area contributed by atoms with E-state index in [9.17, 15) is 9.90 Å². The third-order valence-corrected chi connectivity index (χ3v) is 7.42. The number of rotatable bonds is 7. The van der Waals surface area contributed by atoms with Gasteiger partial charge < -0.3 is 9.84 Å². The Morgan fingerprint density at radius 3 is 2.82 bits per heavy atom. The number of hydrogen-bond donors (Lipinski definition) is 1. The van der Waals surface area contributed by atoms with Gasteiger partial charge >= 0.3 is 5.97 Å². The topological polar surface area (TPSA) is 92.8 Å². The Kier molecular flexibility index (Phi) is 7.24. The Hall–Kier alpha value is -4.04. The molecule has 1 aliphatic rings. The number of aliphatic carboxylic acids is 1. The number of aromatic nitrogens is 3. The predicted molar refractivity (Wildman–Crippen MR) is 148 cm³/mol. The fraction of sp³-hybridized carbons (Fsp3) is 0.333. The van der Waals surface area contributed by atoms with Crippen LogP contribution in [0.3, 0.4) is 0 Å². The lowest BCUT2D eigenvalue weighted by Gasteiger charge is -2.23. The molecule has 0 amide bonds. The molecule has 1 N–H and O–H groups in total. The van der Waals surface area contributed by atoms with Gasteiger partial charge in [0.15, 0.2) is 0 Å². The minimum absolute atomic E-state index is 0.00178. The van der Waals surface area contributed by atoms with E-state index in [1.54, 1.807) is 11.7 Å². The summed E-state index contributed by atoms with van der Waals surface area (Å²) in [5, 5.41) is 18.3. The fourth-order valence-electron chi connectivity index (χ4n) is 5.36. The summed E-state index contributed by atoms with van der Waals surface area (Å²) in [7, 11) is 3.63. The van der Waals surface area contributed by atoms with Crippen molar-refractivity contribution in [1.82, 2.24) is 19.9 Å². The fourth-order valence-corrected chi connectivity index (χ4v) is 5.36. The summed E-state index contributed by atoms with van der Waals surface area (Å²) in [5.74, 6) is -0.201. The minimum atomic E-state index is -0.830. The van der Waals surface area contributed by atoms with Crippen LogP contribution in [0, 0.1) is 13.8 Å². The lowest BCUT2D eigenvalue weighted by atomic mass is 9.84. The van der Waals surface area contributed by atoms with Crippen LogP contribution in [-0.2, 0) is 24.9 Å².